The van der Waals surface area contributed by atoms with Crippen molar-refractivity contribution < 1.29 is 38.5 Å². The van der Waals surface area contributed by atoms with Crippen LogP contribution in [0.2, 0.25) is 0 Å². The molecule has 1 aliphatic heterocycles. The van der Waals surface area contributed by atoms with Crippen LogP contribution in [-0.2, 0) is 53.4 Å². The monoisotopic (exact) mass is 1370 g/mol. The number of rotatable bonds is 19. The summed E-state index contributed by atoms with van der Waals surface area (Å²) >= 11 is 6.30. The SMILES string of the molecule is CNc1ncc(I)c(CO)c1C(=O)NCCc1ccccc1.CNc1ncc(I)c(COC(=O)COc2ccccc2)c1C(=O)NCCc1ccccc1.CNc1ncc(I)c2c1C(=O)OC2.NCCc1ccccc1. The minimum Gasteiger partial charge on any atom is -0.482 e. The van der Waals surface area contributed by atoms with Gasteiger partial charge in [0, 0.05) is 80.2 Å². The molecule has 0 saturated carbocycles. The van der Waals surface area contributed by atoms with Crippen molar-refractivity contribution in [2.75, 3.05) is 63.3 Å². The number of benzene rings is 4. The van der Waals surface area contributed by atoms with Gasteiger partial charge < -0.3 is 51.6 Å². The van der Waals surface area contributed by atoms with Gasteiger partial charge in [-0.1, -0.05) is 109 Å². The minimum atomic E-state index is -0.525. The lowest BCUT2D eigenvalue weighted by molar-refractivity contribution is -0.147. The van der Waals surface area contributed by atoms with E-state index in [0.29, 0.717) is 77.1 Å². The number of amides is 2. The average molecular weight is 1370 g/mol. The van der Waals surface area contributed by atoms with Crippen LogP contribution in [0.15, 0.2) is 140 Å². The van der Waals surface area contributed by atoms with Gasteiger partial charge in [-0.3, -0.25) is 9.59 Å². The Hall–Kier alpha value is -6.48. The minimum absolute atomic E-state index is 0.0616. The number of nitrogens with two attached hydrogens (primary N) is 1. The second-order valence-corrected chi connectivity index (χ2v) is 19.7. The van der Waals surface area contributed by atoms with Crippen molar-refractivity contribution in [2.24, 2.45) is 5.73 Å². The highest BCUT2D eigenvalue weighted by Gasteiger charge is 2.28. The second kappa shape index (κ2) is 32.8. The van der Waals surface area contributed by atoms with Gasteiger partial charge in [0.25, 0.3) is 11.8 Å². The van der Waals surface area contributed by atoms with Gasteiger partial charge in [0.2, 0.25) is 0 Å². The van der Waals surface area contributed by atoms with Crippen molar-refractivity contribution in [1.82, 2.24) is 25.6 Å². The van der Waals surface area contributed by atoms with Crippen molar-refractivity contribution in [1.29, 1.82) is 0 Å². The summed E-state index contributed by atoms with van der Waals surface area (Å²) in [6.45, 7) is 1.63. The summed E-state index contributed by atoms with van der Waals surface area (Å²) in [5, 5.41) is 24.1. The van der Waals surface area contributed by atoms with E-state index in [0.717, 1.165) is 41.2 Å². The third-order valence-electron chi connectivity index (χ3n) is 11.1. The number of hydrogen-bond acceptors (Lipinski definition) is 15. The molecule has 2 amide bonds. The van der Waals surface area contributed by atoms with E-state index in [2.05, 4.69) is 121 Å². The third-order valence-corrected chi connectivity index (χ3v) is 13.9. The van der Waals surface area contributed by atoms with Crippen molar-refractivity contribution in [3.05, 3.63) is 201 Å². The summed E-state index contributed by atoms with van der Waals surface area (Å²) in [5.41, 5.74) is 12.5. The number of carbonyl (C=O) groups is 4. The van der Waals surface area contributed by atoms with Crippen LogP contribution in [0.25, 0.3) is 0 Å². The normalized spacial score (nSPS) is 10.8. The number of anilines is 3. The smallest absolute Gasteiger partial charge is 0.344 e. The molecule has 17 nitrogen and oxygen atoms in total. The molecule has 398 valence electrons. The Morgan fingerprint density at radius 1 is 0.618 bits per heavy atom. The highest BCUT2D eigenvalue weighted by atomic mass is 127. The molecule has 0 unspecified atom stereocenters. The largest absolute Gasteiger partial charge is 0.482 e. The molecule has 8 N–H and O–H groups in total. The van der Waals surface area contributed by atoms with Gasteiger partial charge in [0.05, 0.1) is 17.7 Å². The Kier molecular flexibility index (Phi) is 26.1. The number of aromatic nitrogens is 3. The first-order chi connectivity index (χ1) is 36.9. The molecular formula is C56H60I3N9O8. The van der Waals surface area contributed by atoms with Crippen LogP contribution in [0.3, 0.4) is 0 Å². The van der Waals surface area contributed by atoms with Gasteiger partial charge in [0.15, 0.2) is 6.61 Å². The van der Waals surface area contributed by atoms with Gasteiger partial charge in [-0.15, -0.1) is 0 Å². The van der Waals surface area contributed by atoms with Crippen molar-refractivity contribution in [3.8, 4) is 5.75 Å². The molecule has 76 heavy (non-hydrogen) atoms. The maximum Gasteiger partial charge on any atom is 0.344 e. The number of ether oxygens (including phenoxy) is 3. The van der Waals surface area contributed by atoms with Gasteiger partial charge >= 0.3 is 11.9 Å². The van der Waals surface area contributed by atoms with E-state index in [1.807, 2.05) is 97.1 Å². The number of nitrogens with one attached hydrogen (secondary N) is 5. The number of nitrogens with zero attached hydrogens (tertiary/aromatic N) is 3. The summed E-state index contributed by atoms with van der Waals surface area (Å²) in [6.07, 6.45) is 7.46. The lowest BCUT2D eigenvalue weighted by atomic mass is 10.1. The van der Waals surface area contributed by atoms with Gasteiger partial charge in [-0.2, -0.15) is 0 Å². The number of para-hydroxylation sites is 1. The zero-order valence-electron chi connectivity index (χ0n) is 42.2. The van der Waals surface area contributed by atoms with E-state index >= 15 is 0 Å². The first-order valence-corrected chi connectivity index (χ1v) is 27.2. The van der Waals surface area contributed by atoms with Crippen LogP contribution in [0.4, 0.5) is 17.5 Å². The molecule has 4 aromatic carbocycles. The Balaban J connectivity index is 0.000000207. The summed E-state index contributed by atoms with van der Waals surface area (Å²) in [4.78, 5) is 61.5. The fourth-order valence-corrected chi connectivity index (χ4v) is 8.98. The number of fused-ring (bicyclic) bond motifs is 1. The number of hydrogen-bond donors (Lipinski definition) is 7. The second-order valence-electron chi connectivity index (χ2n) is 16.2. The molecule has 0 radical (unpaired) electrons. The van der Waals surface area contributed by atoms with Gasteiger partial charge in [0.1, 0.15) is 42.0 Å². The third kappa shape index (κ3) is 18.7. The molecule has 0 fully saturated rings. The number of esters is 2. The average Bonchev–Trinajstić information content (AvgIpc) is 3.86. The molecule has 0 saturated heterocycles. The van der Waals surface area contributed by atoms with E-state index in [-0.39, 0.29) is 37.6 Å². The molecule has 1 aliphatic rings. The van der Waals surface area contributed by atoms with Crippen LogP contribution in [0, 0.1) is 10.7 Å². The van der Waals surface area contributed by atoms with Crippen LogP contribution in [0.1, 0.15) is 64.5 Å². The van der Waals surface area contributed by atoms with Crippen LogP contribution in [-0.4, -0.2) is 91.2 Å². The fourth-order valence-electron chi connectivity index (χ4n) is 7.27. The van der Waals surface area contributed by atoms with E-state index in [4.69, 9.17) is 19.9 Å². The first kappa shape index (κ1) is 60.4. The maximum atomic E-state index is 13.0. The fraction of sp³-hybridized carbons (Fsp3) is 0.232. The number of cyclic esters (lactones) is 1. The van der Waals surface area contributed by atoms with E-state index in [1.54, 1.807) is 51.9 Å². The number of carbonyl (C=O) groups excluding carboxylic acids is 4. The number of pyridine rings is 3. The standard InChI is InChI=1S/C24H24IN3O4.C16H18IN3O2.C8H7IN2O2.C8H11N/c1-26-23-22(24(30)27-13-12-17-8-4-2-5-9-17)19(20(25)14-28-23)15-32-21(29)16-31-18-10-6-3-7-11-18;1-18-15-14(12(10-21)13(17)9-20-15)16(22)19-8-7-11-5-3-2-4-6-11;1-10-7-6-4(3-13-8(6)12)5(9)2-11-7;9-7-6-8-4-2-1-3-5-8/h2-11,14H,12-13,15-16H2,1H3,(H,26,28)(H,27,30);2-6,9,21H,7-8,10H2,1H3,(H,18,20)(H,19,22);2H,3H2,1H3,(H,10,11);1-5H,6-7,9H2. The molecule has 3 aromatic heterocycles. The molecule has 0 aliphatic carbocycles. The molecule has 8 rings (SSSR count). The summed E-state index contributed by atoms with van der Waals surface area (Å²) < 4.78 is 18.2. The number of aliphatic hydroxyl groups is 1. The van der Waals surface area contributed by atoms with Gasteiger partial charge in [-0.05, 0) is 122 Å². The van der Waals surface area contributed by atoms with Crippen molar-refractivity contribution >= 4 is 109 Å². The molecular weight excluding hydrogens is 1310 g/mol. The molecule has 20 heteroatoms. The highest BCUT2D eigenvalue weighted by molar-refractivity contribution is 14.1. The summed E-state index contributed by atoms with van der Waals surface area (Å²) in [5.74, 6) is 0.763. The van der Waals surface area contributed by atoms with E-state index in [9.17, 15) is 24.3 Å². The van der Waals surface area contributed by atoms with E-state index in [1.165, 1.54) is 11.1 Å². The molecule has 0 atom stereocenters. The lowest BCUT2D eigenvalue weighted by Crippen LogP contribution is -2.28. The maximum absolute atomic E-state index is 13.0. The van der Waals surface area contributed by atoms with Gasteiger partial charge in [-0.25, -0.2) is 24.5 Å². The molecule has 0 bridgehead atoms. The first-order valence-electron chi connectivity index (χ1n) is 24.0. The predicted molar refractivity (Wildman–Crippen MR) is 320 cm³/mol. The zero-order chi connectivity index (χ0) is 54.7. The Morgan fingerprint density at radius 3 is 1.53 bits per heavy atom. The predicted octanol–water partition coefficient (Wildman–Crippen LogP) is 8.60. The topological polar surface area (TPSA) is 241 Å². The number of aliphatic hydroxyl groups excluding tert-OH is 1. The molecule has 0 spiro atoms. The van der Waals surface area contributed by atoms with Crippen LogP contribution in [0.5, 0.6) is 5.75 Å². The summed E-state index contributed by atoms with van der Waals surface area (Å²) in [6, 6.07) is 39.2. The quantitative estimate of drug-likeness (QED) is 0.0296. The Morgan fingerprint density at radius 2 is 1.05 bits per heavy atom. The molecule has 4 heterocycles. The van der Waals surface area contributed by atoms with Crippen LogP contribution < -0.4 is 37.1 Å². The molecule has 7 aromatic rings. The lowest BCUT2D eigenvalue weighted by Gasteiger charge is -2.16. The van der Waals surface area contributed by atoms with Crippen molar-refractivity contribution in [3.63, 3.8) is 0 Å². The van der Waals surface area contributed by atoms with Crippen molar-refractivity contribution in [2.45, 2.75) is 39.1 Å². The highest BCUT2D eigenvalue weighted by Crippen LogP contribution is 2.29. The Bertz CT molecular complexity index is 2970. The van der Waals surface area contributed by atoms with E-state index < -0.39 is 5.97 Å². The van der Waals surface area contributed by atoms with Crippen LogP contribution >= 0.6 is 67.8 Å². The Labute approximate surface area is 483 Å². The summed E-state index contributed by atoms with van der Waals surface area (Å²) in [7, 11) is 5.14. The number of halogens is 3. The zero-order valence-corrected chi connectivity index (χ0v) is 48.7.